The van der Waals surface area contributed by atoms with Crippen molar-refractivity contribution in [3.05, 3.63) is 56.5 Å². The minimum atomic E-state index is -0.292. The van der Waals surface area contributed by atoms with Gasteiger partial charge in [-0.05, 0) is 31.5 Å². The topological polar surface area (TPSA) is 77.6 Å². The zero-order chi connectivity index (χ0) is 18.8. The molecule has 7 nitrogen and oxygen atoms in total. The van der Waals surface area contributed by atoms with Crippen molar-refractivity contribution in [1.29, 1.82) is 0 Å². The van der Waals surface area contributed by atoms with E-state index in [2.05, 4.69) is 20.5 Å². The molecule has 1 amide bonds. The molecule has 1 N–H and O–H groups in total. The summed E-state index contributed by atoms with van der Waals surface area (Å²) in [5, 5.41) is 12.6. The largest absolute Gasteiger partial charge is 0.292 e. The van der Waals surface area contributed by atoms with Crippen LogP contribution in [0.15, 0.2) is 24.5 Å². The molecular weight excluding hydrogens is 399 g/mol. The first-order valence-electron chi connectivity index (χ1n) is 7.66. The number of rotatable bonds is 5. The van der Waals surface area contributed by atoms with Gasteiger partial charge in [0.15, 0.2) is 0 Å². The average molecular weight is 414 g/mol. The standard InChI is InChI=1S/C16H15Cl3N6O/c1-9-15(19)10(2)25(22-9)7-14(26)21-16-20-8-24(23-16)6-11-3-4-12(17)13(18)5-11/h3-5,8H,6-7H2,1-2H3,(H,21,23,26). The van der Waals surface area contributed by atoms with Gasteiger partial charge in [-0.2, -0.15) is 5.10 Å². The van der Waals surface area contributed by atoms with Gasteiger partial charge in [0.25, 0.3) is 0 Å². The molecule has 0 atom stereocenters. The summed E-state index contributed by atoms with van der Waals surface area (Å²) in [7, 11) is 0. The van der Waals surface area contributed by atoms with Crippen LogP contribution in [0.4, 0.5) is 5.95 Å². The highest BCUT2D eigenvalue weighted by molar-refractivity contribution is 6.42. The van der Waals surface area contributed by atoms with Crippen LogP contribution in [0.3, 0.4) is 0 Å². The third kappa shape index (κ3) is 4.17. The molecular formula is C16H15Cl3N6O. The molecule has 3 aromatic rings. The molecule has 0 saturated carbocycles. The van der Waals surface area contributed by atoms with Crippen molar-refractivity contribution in [2.75, 3.05) is 5.32 Å². The molecule has 136 valence electrons. The fraction of sp³-hybridized carbons (Fsp3) is 0.250. The molecule has 0 unspecified atom stereocenters. The van der Waals surface area contributed by atoms with Gasteiger partial charge < -0.3 is 0 Å². The molecule has 0 radical (unpaired) electrons. The van der Waals surface area contributed by atoms with Crippen LogP contribution in [0, 0.1) is 13.8 Å². The number of hydrogen-bond donors (Lipinski definition) is 1. The number of carbonyl (C=O) groups excluding carboxylic acids is 1. The van der Waals surface area contributed by atoms with Crippen LogP contribution in [0.1, 0.15) is 17.0 Å². The summed E-state index contributed by atoms with van der Waals surface area (Å²) in [6, 6.07) is 5.33. The van der Waals surface area contributed by atoms with Gasteiger partial charge in [0, 0.05) is 0 Å². The number of amides is 1. The number of benzene rings is 1. The Hall–Kier alpha value is -2.09. The number of anilines is 1. The quantitative estimate of drug-likeness (QED) is 0.691. The second-order valence-electron chi connectivity index (χ2n) is 5.70. The number of nitrogens with zero attached hydrogens (tertiary/aromatic N) is 5. The van der Waals surface area contributed by atoms with E-state index in [0.717, 1.165) is 11.3 Å². The Kier molecular flexibility index (Phi) is 5.50. The Balaban J connectivity index is 1.63. The number of aryl methyl sites for hydroxylation is 1. The molecule has 2 heterocycles. The summed E-state index contributed by atoms with van der Waals surface area (Å²) < 4.78 is 3.13. The van der Waals surface area contributed by atoms with Crippen molar-refractivity contribution in [1.82, 2.24) is 24.5 Å². The summed E-state index contributed by atoms with van der Waals surface area (Å²) in [6.45, 7) is 4.07. The van der Waals surface area contributed by atoms with E-state index in [4.69, 9.17) is 34.8 Å². The van der Waals surface area contributed by atoms with Crippen molar-refractivity contribution in [3.63, 3.8) is 0 Å². The number of nitrogens with one attached hydrogen (secondary N) is 1. The second-order valence-corrected chi connectivity index (χ2v) is 6.90. The van der Waals surface area contributed by atoms with Crippen LogP contribution in [-0.2, 0) is 17.9 Å². The minimum absolute atomic E-state index is 0.0285. The highest BCUT2D eigenvalue weighted by Crippen LogP contribution is 2.23. The average Bonchev–Trinajstić information content (AvgIpc) is 3.11. The molecule has 26 heavy (non-hydrogen) atoms. The van der Waals surface area contributed by atoms with Crippen LogP contribution >= 0.6 is 34.8 Å². The lowest BCUT2D eigenvalue weighted by molar-refractivity contribution is -0.117. The van der Waals surface area contributed by atoms with Gasteiger partial charge in [0.05, 0.1) is 33.0 Å². The summed E-state index contributed by atoms with van der Waals surface area (Å²) in [4.78, 5) is 16.3. The lowest BCUT2D eigenvalue weighted by Crippen LogP contribution is -2.21. The molecule has 0 spiro atoms. The van der Waals surface area contributed by atoms with Crippen molar-refractivity contribution >= 4 is 46.7 Å². The monoisotopic (exact) mass is 412 g/mol. The Morgan fingerprint density at radius 3 is 2.58 bits per heavy atom. The van der Waals surface area contributed by atoms with Gasteiger partial charge in [-0.15, -0.1) is 5.10 Å². The van der Waals surface area contributed by atoms with E-state index in [1.807, 2.05) is 6.07 Å². The van der Waals surface area contributed by atoms with Gasteiger partial charge in [-0.1, -0.05) is 40.9 Å². The predicted molar refractivity (Wildman–Crippen MR) is 101 cm³/mol. The zero-order valence-corrected chi connectivity index (χ0v) is 16.3. The zero-order valence-electron chi connectivity index (χ0n) is 14.0. The Morgan fingerprint density at radius 2 is 1.92 bits per heavy atom. The van der Waals surface area contributed by atoms with Crippen LogP contribution in [-0.4, -0.2) is 30.5 Å². The predicted octanol–water partition coefficient (Wildman–Crippen LogP) is 3.74. The smallest absolute Gasteiger partial charge is 0.248 e. The molecule has 3 rings (SSSR count). The van der Waals surface area contributed by atoms with Crippen molar-refractivity contribution in [3.8, 4) is 0 Å². The van der Waals surface area contributed by atoms with Gasteiger partial charge in [0.2, 0.25) is 11.9 Å². The van der Waals surface area contributed by atoms with E-state index >= 15 is 0 Å². The SMILES string of the molecule is Cc1nn(CC(=O)Nc2ncn(Cc3ccc(Cl)c(Cl)c3)n2)c(C)c1Cl. The third-order valence-corrected chi connectivity index (χ3v) is 4.99. The van der Waals surface area contributed by atoms with Crippen molar-refractivity contribution in [2.24, 2.45) is 0 Å². The molecule has 2 aromatic heterocycles. The summed E-state index contributed by atoms with van der Waals surface area (Å²) >= 11 is 18.0. The van der Waals surface area contributed by atoms with Gasteiger partial charge in [-0.25, -0.2) is 9.67 Å². The second kappa shape index (κ2) is 7.65. The summed E-state index contributed by atoms with van der Waals surface area (Å²) in [5.41, 5.74) is 2.33. The number of halogens is 3. The van der Waals surface area contributed by atoms with Crippen LogP contribution in [0.2, 0.25) is 15.1 Å². The minimum Gasteiger partial charge on any atom is -0.292 e. The fourth-order valence-electron chi connectivity index (χ4n) is 2.38. The first-order valence-corrected chi connectivity index (χ1v) is 8.79. The Bertz CT molecular complexity index is 965. The van der Waals surface area contributed by atoms with Crippen LogP contribution < -0.4 is 5.32 Å². The van der Waals surface area contributed by atoms with Gasteiger partial charge >= 0.3 is 0 Å². The lowest BCUT2D eigenvalue weighted by Gasteiger charge is -2.04. The van der Waals surface area contributed by atoms with Gasteiger partial charge in [-0.3, -0.25) is 14.8 Å². The molecule has 10 heteroatoms. The Morgan fingerprint density at radius 1 is 1.15 bits per heavy atom. The van der Waals surface area contributed by atoms with E-state index < -0.39 is 0 Å². The molecule has 0 saturated heterocycles. The molecule has 0 fully saturated rings. The van der Waals surface area contributed by atoms with E-state index in [9.17, 15) is 4.79 Å². The maximum Gasteiger partial charge on any atom is 0.248 e. The van der Waals surface area contributed by atoms with E-state index in [0.29, 0.717) is 27.3 Å². The molecule has 0 aliphatic heterocycles. The lowest BCUT2D eigenvalue weighted by atomic mass is 10.2. The summed E-state index contributed by atoms with van der Waals surface area (Å²) in [5.74, 6) is -0.0813. The van der Waals surface area contributed by atoms with Gasteiger partial charge in [0.1, 0.15) is 12.9 Å². The van der Waals surface area contributed by atoms with Crippen LogP contribution in [0.5, 0.6) is 0 Å². The molecule has 0 aliphatic carbocycles. The normalized spacial score (nSPS) is 11.0. The number of aromatic nitrogens is 5. The van der Waals surface area contributed by atoms with Crippen molar-refractivity contribution in [2.45, 2.75) is 26.9 Å². The fourth-order valence-corrected chi connectivity index (χ4v) is 2.84. The van der Waals surface area contributed by atoms with E-state index in [1.165, 1.54) is 6.33 Å². The first-order chi connectivity index (χ1) is 12.3. The maximum absolute atomic E-state index is 12.2. The van der Waals surface area contributed by atoms with E-state index in [-0.39, 0.29) is 18.4 Å². The highest BCUT2D eigenvalue weighted by Gasteiger charge is 2.13. The van der Waals surface area contributed by atoms with Crippen LogP contribution in [0.25, 0.3) is 0 Å². The highest BCUT2D eigenvalue weighted by atomic mass is 35.5. The number of carbonyl (C=O) groups is 1. The number of hydrogen-bond acceptors (Lipinski definition) is 4. The van der Waals surface area contributed by atoms with E-state index in [1.54, 1.807) is 35.3 Å². The molecule has 0 aliphatic rings. The summed E-state index contributed by atoms with van der Waals surface area (Å²) in [6.07, 6.45) is 1.53. The maximum atomic E-state index is 12.2. The first kappa shape index (κ1) is 18.7. The molecule has 1 aromatic carbocycles. The Labute approximate surface area is 164 Å². The molecule has 0 bridgehead atoms. The van der Waals surface area contributed by atoms with Crippen molar-refractivity contribution < 1.29 is 4.79 Å². The third-order valence-electron chi connectivity index (χ3n) is 3.70.